The van der Waals surface area contributed by atoms with Gasteiger partial charge in [-0.2, -0.15) is 0 Å². The van der Waals surface area contributed by atoms with Gasteiger partial charge in [0.2, 0.25) is 0 Å². The van der Waals surface area contributed by atoms with Gasteiger partial charge in [0.1, 0.15) is 5.75 Å². The molecule has 1 aromatic heterocycles. The van der Waals surface area contributed by atoms with Crippen LogP contribution in [-0.4, -0.2) is 36.8 Å². The Labute approximate surface area is 224 Å². The number of fused-ring (bicyclic) bond motifs is 1. The Morgan fingerprint density at radius 2 is 1.76 bits per heavy atom. The van der Waals surface area contributed by atoms with Crippen molar-refractivity contribution in [2.75, 3.05) is 20.3 Å². The van der Waals surface area contributed by atoms with Crippen molar-refractivity contribution < 1.29 is 23.8 Å². The molecular formula is C29H30N2O6S. The van der Waals surface area contributed by atoms with E-state index in [4.69, 9.17) is 14.2 Å². The highest BCUT2D eigenvalue weighted by atomic mass is 32.1. The van der Waals surface area contributed by atoms with Gasteiger partial charge < -0.3 is 14.2 Å². The predicted octanol–water partition coefficient (Wildman–Crippen LogP) is 3.76. The van der Waals surface area contributed by atoms with E-state index < -0.39 is 18.0 Å². The third-order valence-corrected chi connectivity index (χ3v) is 7.09. The van der Waals surface area contributed by atoms with Crippen LogP contribution in [0.5, 0.6) is 5.75 Å². The lowest BCUT2D eigenvalue weighted by Crippen LogP contribution is -2.39. The summed E-state index contributed by atoms with van der Waals surface area (Å²) in [6.45, 7) is 6.42. The molecule has 0 radical (unpaired) electrons. The monoisotopic (exact) mass is 534 g/mol. The van der Waals surface area contributed by atoms with Gasteiger partial charge in [0.15, 0.2) is 4.80 Å². The van der Waals surface area contributed by atoms with Gasteiger partial charge in [-0.3, -0.25) is 9.36 Å². The van der Waals surface area contributed by atoms with Crippen LogP contribution in [0.4, 0.5) is 0 Å². The molecule has 1 unspecified atom stereocenters. The second-order valence-corrected chi connectivity index (χ2v) is 9.70. The Morgan fingerprint density at radius 1 is 1.05 bits per heavy atom. The number of carbonyl (C=O) groups is 2. The van der Waals surface area contributed by atoms with E-state index in [0.717, 1.165) is 24.2 Å². The molecule has 38 heavy (non-hydrogen) atoms. The van der Waals surface area contributed by atoms with Gasteiger partial charge in [0, 0.05) is 0 Å². The van der Waals surface area contributed by atoms with E-state index in [9.17, 15) is 14.4 Å². The molecule has 4 rings (SSSR count). The highest BCUT2D eigenvalue weighted by Crippen LogP contribution is 2.31. The first kappa shape index (κ1) is 27.1. The van der Waals surface area contributed by atoms with Gasteiger partial charge >= 0.3 is 11.9 Å². The molecule has 1 aliphatic rings. The van der Waals surface area contributed by atoms with Gasteiger partial charge in [0.25, 0.3) is 5.56 Å². The Bertz CT molecular complexity index is 1530. The number of ether oxygens (including phenoxy) is 3. The average molecular weight is 535 g/mol. The molecule has 198 valence electrons. The van der Waals surface area contributed by atoms with Crippen LogP contribution in [0.2, 0.25) is 0 Å². The molecule has 8 nitrogen and oxygen atoms in total. The summed E-state index contributed by atoms with van der Waals surface area (Å²) in [7, 11) is 1.31. The van der Waals surface area contributed by atoms with Crippen molar-refractivity contribution in [2.45, 2.75) is 39.7 Å². The third kappa shape index (κ3) is 5.62. The summed E-state index contributed by atoms with van der Waals surface area (Å²) in [4.78, 5) is 43.7. The number of nitrogens with zero attached hydrogens (tertiary/aromatic N) is 2. The summed E-state index contributed by atoms with van der Waals surface area (Å²) in [5, 5.41) is 0. The molecule has 0 fully saturated rings. The Morgan fingerprint density at radius 3 is 2.39 bits per heavy atom. The maximum Gasteiger partial charge on any atom is 0.338 e. The molecule has 0 N–H and O–H groups in total. The minimum atomic E-state index is -0.756. The Balaban J connectivity index is 1.79. The fourth-order valence-electron chi connectivity index (χ4n) is 4.17. The second-order valence-electron chi connectivity index (χ2n) is 8.69. The van der Waals surface area contributed by atoms with E-state index in [1.54, 1.807) is 44.2 Å². The topological polar surface area (TPSA) is 96.2 Å². The van der Waals surface area contributed by atoms with Crippen molar-refractivity contribution in [1.29, 1.82) is 0 Å². The van der Waals surface area contributed by atoms with Crippen molar-refractivity contribution in [1.82, 2.24) is 4.57 Å². The number of carbonyl (C=O) groups excluding carboxylic acids is 2. The highest BCUT2D eigenvalue weighted by molar-refractivity contribution is 7.07. The molecule has 0 amide bonds. The van der Waals surface area contributed by atoms with Crippen molar-refractivity contribution >= 4 is 29.4 Å². The Hall–Kier alpha value is -3.98. The van der Waals surface area contributed by atoms with Crippen LogP contribution < -0.4 is 19.6 Å². The molecule has 1 aliphatic heterocycles. The molecule has 0 spiro atoms. The number of thiazole rings is 1. The van der Waals surface area contributed by atoms with Gasteiger partial charge in [-0.15, -0.1) is 0 Å². The predicted molar refractivity (Wildman–Crippen MR) is 145 cm³/mol. The van der Waals surface area contributed by atoms with Crippen LogP contribution >= 0.6 is 11.3 Å². The molecule has 3 aromatic rings. The third-order valence-electron chi connectivity index (χ3n) is 6.11. The van der Waals surface area contributed by atoms with Gasteiger partial charge in [-0.1, -0.05) is 48.9 Å². The van der Waals surface area contributed by atoms with Crippen LogP contribution in [-0.2, 0) is 14.3 Å². The number of rotatable bonds is 9. The minimum absolute atomic E-state index is 0.187. The van der Waals surface area contributed by atoms with Gasteiger partial charge in [-0.05, 0) is 61.7 Å². The maximum atomic E-state index is 13.7. The first-order valence-corrected chi connectivity index (χ1v) is 13.3. The lowest BCUT2D eigenvalue weighted by molar-refractivity contribution is -0.139. The molecule has 0 bridgehead atoms. The normalized spacial score (nSPS) is 15.1. The zero-order valence-corrected chi connectivity index (χ0v) is 22.7. The summed E-state index contributed by atoms with van der Waals surface area (Å²) in [6, 6.07) is 13.5. The zero-order chi connectivity index (χ0) is 27.2. The van der Waals surface area contributed by atoms with E-state index in [2.05, 4.69) is 11.9 Å². The van der Waals surface area contributed by atoms with E-state index in [0.29, 0.717) is 32.8 Å². The van der Waals surface area contributed by atoms with Gasteiger partial charge in [0.05, 0.1) is 47.7 Å². The van der Waals surface area contributed by atoms with E-state index >= 15 is 0 Å². The molecule has 0 saturated carbocycles. The van der Waals surface area contributed by atoms with Crippen molar-refractivity contribution in [3.63, 3.8) is 0 Å². The summed E-state index contributed by atoms with van der Waals surface area (Å²) in [5.74, 6) is -0.231. The van der Waals surface area contributed by atoms with Crippen LogP contribution in [0.25, 0.3) is 6.08 Å². The van der Waals surface area contributed by atoms with E-state index in [1.165, 1.54) is 23.0 Å². The number of benzene rings is 2. The van der Waals surface area contributed by atoms with E-state index in [1.807, 2.05) is 24.3 Å². The number of methoxy groups -OCH3 is 1. The van der Waals surface area contributed by atoms with Crippen molar-refractivity contribution in [3.05, 3.63) is 96.2 Å². The largest absolute Gasteiger partial charge is 0.494 e. The van der Waals surface area contributed by atoms with Crippen molar-refractivity contribution in [2.24, 2.45) is 4.99 Å². The fraction of sp³-hybridized carbons (Fsp3) is 0.310. The second kappa shape index (κ2) is 12.0. The molecular weight excluding hydrogens is 504 g/mol. The van der Waals surface area contributed by atoms with Crippen LogP contribution in [0, 0.1) is 0 Å². The molecule has 1 atom stereocenters. The molecule has 0 saturated heterocycles. The molecule has 2 aromatic carbocycles. The Kier molecular flexibility index (Phi) is 8.58. The average Bonchev–Trinajstić information content (AvgIpc) is 3.22. The van der Waals surface area contributed by atoms with E-state index in [-0.39, 0.29) is 17.7 Å². The molecule has 2 heterocycles. The quantitative estimate of drug-likeness (QED) is 0.306. The number of hydrogen-bond donors (Lipinski definition) is 0. The number of esters is 2. The summed E-state index contributed by atoms with van der Waals surface area (Å²) >= 11 is 1.26. The number of hydrogen-bond acceptors (Lipinski definition) is 8. The van der Waals surface area contributed by atoms with Gasteiger partial charge in [-0.25, -0.2) is 14.6 Å². The smallest absolute Gasteiger partial charge is 0.338 e. The van der Waals surface area contributed by atoms with Crippen LogP contribution in [0.1, 0.15) is 61.1 Å². The fourth-order valence-corrected chi connectivity index (χ4v) is 5.22. The molecule has 9 heteroatoms. The maximum absolute atomic E-state index is 13.7. The van der Waals surface area contributed by atoms with Crippen molar-refractivity contribution in [3.8, 4) is 5.75 Å². The summed E-state index contributed by atoms with van der Waals surface area (Å²) in [5.41, 5.74) is 2.35. The zero-order valence-electron chi connectivity index (χ0n) is 21.9. The molecule has 0 aliphatic carbocycles. The number of allylic oxidation sites excluding steroid dienone is 1. The standard InChI is InChI=1S/C29H30N2O6S/c1-5-7-16-37-22-14-8-19(9-15-22)17-23-26(32)31-25(20-10-12-21(13-11-20)27(33)35-4)24(28(34)36-6-2)18(3)30-29(31)38-23/h8-15,17,25H,5-7,16H2,1-4H3. The minimum Gasteiger partial charge on any atom is -0.494 e. The number of aromatic nitrogens is 1. The first-order chi connectivity index (χ1) is 18.4. The number of unbranched alkanes of at least 4 members (excludes halogenated alkanes) is 1. The summed E-state index contributed by atoms with van der Waals surface area (Å²) < 4.78 is 17.9. The highest BCUT2D eigenvalue weighted by Gasteiger charge is 2.33. The first-order valence-electron chi connectivity index (χ1n) is 12.5. The summed E-state index contributed by atoms with van der Waals surface area (Å²) in [6.07, 6.45) is 3.86. The SMILES string of the molecule is CCCCOc1ccc(C=c2sc3n(c2=O)C(c2ccc(C(=O)OC)cc2)C(C(=O)OCC)=C(C)N=3)cc1. The lowest BCUT2D eigenvalue weighted by atomic mass is 9.95. The lowest BCUT2D eigenvalue weighted by Gasteiger charge is -2.24. The van der Waals surface area contributed by atoms with Crippen LogP contribution in [0.3, 0.4) is 0 Å². The van der Waals surface area contributed by atoms with Crippen LogP contribution in [0.15, 0.2) is 69.6 Å².